The Kier molecular flexibility index (Phi) is 5.05. The van der Waals surface area contributed by atoms with Gasteiger partial charge in [-0.15, -0.1) is 0 Å². The summed E-state index contributed by atoms with van der Waals surface area (Å²) < 4.78 is 5.12. The molecule has 0 N–H and O–H groups in total. The highest BCUT2D eigenvalue weighted by Gasteiger charge is 2.08. The van der Waals surface area contributed by atoms with Crippen molar-refractivity contribution in [1.29, 1.82) is 0 Å². The predicted molar refractivity (Wildman–Crippen MR) is 85.5 cm³/mol. The van der Waals surface area contributed by atoms with Crippen molar-refractivity contribution >= 4 is 29.4 Å². The van der Waals surface area contributed by atoms with Crippen LogP contribution in [0.2, 0.25) is 10.0 Å². The van der Waals surface area contributed by atoms with E-state index in [-0.39, 0.29) is 6.04 Å². The average molecular weight is 308 g/mol. The molecule has 0 aliphatic rings. The maximum absolute atomic E-state index is 6.16. The summed E-state index contributed by atoms with van der Waals surface area (Å²) >= 11 is 12.2. The second-order valence-electron chi connectivity index (χ2n) is 4.39. The van der Waals surface area contributed by atoms with Gasteiger partial charge in [-0.2, -0.15) is 0 Å². The highest BCUT2D eigenvalue weighted by atomic mass is 35.5. The molecule has 0 aliphatic carbocycles. The van der Waals surface area contributed by atoms with E-state index < -0.39 is 0 Å². The third kappa shape index (κ3) is 3.75. The monoisotopic (exact) mass is 307 g/mol. The molecule has 2 aromatic rings. The molecule has 0 saturated heterocycles. The molecule has 0 heterocycles. The number of rotatable bonds is 4. The zero-order valence-corrected chi connectivity index (χ0v) is 12.8. The van der Waals surface area contributed by atoms with E-state index >= 15 is 0 Å². The largest absolute Gasteiger partial charge is 0.497 e. The molecule has 0 aromatic heterocycles. The van der Waals surface area contributed by atoms with Gasteiger partial charge in [-0.3, -0.25) is 4.99 Å². The van der Waals surface area contributed by atoms with Gasteiger partial charge < -0.3 is 4.74 Å². The Hall–Kier alpha value is -1.51. The van der Waals surface area contributed by atoms with Crippen molar-refractivity contribution in [1.82, 2.24) is 0 Å². The SMILES string of the molecule is COc1ccc(C=NC(C)c2cc(Cl)ccc2Cl)cc1. The number of ether oxygens (including phenoxy) is 1. The zero-order valence-electron chi connectivity index (χ0n) is 11.3. The molecule has 104 valence electrons. The molecule has 0 aliphatic heterocycles. The van der Waals surface area contributed by atoms with Crippen molar-refractivity contribution in [2.24, 2.45) is 4.99 Å². The molecule has 1 unspecified atom stereocenters. The Bertz CT molecular complexity index is 608. The van der Waals surface area contributed by atoms with E-state index in [2.05, 4.69) is 4.99 Å². The minimum Gasteiger partial charge on any atom is -0.497 e. The van der Waals surface area contributed by atoms with Gasteiger partial charge in [-0.25, -0.2) is 0 Å². The number of nitrogens with zero attached hydrogens (tertiary/aromatic N) is 1. The first-order valence-electron chi connectivity index (χ1n) is 6.22. The second-order valence-corrected chi connectivity index (χ2v) is 5.24. The van der Waals surface area contributed by atoms with Crippen LogP contribution >= 0.6 is 23.2 Å². The van der Waals surface area contributed by atoms with Crippen LogP contribution in [0.5, 0.6) is 5.75 Å². The summed E-state index contributed by atoms with van der Waals surface area (Å²) in [5.74, 6) is 0.827. The van der Waals surface area contributed by atoms with Crippen LogP contribution in [0.4, 0.5) is 0 Å². The van der Waals surface area contributed by atoms with E-state index in [0.717, 1.165) is 16.9 Å². The molecule has 2 rings (SSSR count). The molecule has 0 fully saturated rings. The second kappa shape index (κ2) is 6.78. The van der Waals surface area contributed by atoms with Gasteiger partial charge >= 0.3 is 0 Å². The van der Waals surface area contributed by atoms with Crippen LogP contribution in [0.1, 0.15) is 24.1 Å². The predicted octanol–water partition coefficient (Wildman–Crippen LogP) is 5.18. The van der Waals surface area contributed by atoms with Crippen molar-refractivity contribution < 1.29 is 4.74 Å². The van der Waals surface area contributed by atoms with E-state index in [0.29, 0.717) is 10.0 Å². The van der Waals surface area contributed by atoms with Crippen LogP contribution in [0.15, 0.2) is 47.5 Å². The van der Waals surface area contributed by atoms with E-state index in [9.17, 15) is 0 Å². The van der Waals surface area contributed by atoms with E-state index in [4.69, 9.17) is 27.9 Å². The molecule has 2 nitrogen and oxygen atoms in total. The van der Waals surface area contributed by atoms with E-state index in [1.807, 2.05) is 43.5 Å². The fraction of sp³-hybridized carbons (Fsp3) is 0.188. The van der Waals surface area contributed by atoms with Gasteiger partial charge in [0.05, 0.1) is 13.2 Å². The quantitative estimate of drug-likeness (QED) is 0.713. The number of halogens is 2. The lowest BCUT2D eigenvalue weighted by Crippen LogP contribution is -1.93. The normalized spacial score (nSPS) is 12.6. The van der Waals surface area contributed by atoms with E-state index in [1.165, 1.54) is 0 Å². The Morgan fingerprint density at radius 1 is 1.10 bits per heavy atom. The lowest BCUT2D eigenvalue weighted by molar-refractivity contribution is 0.415. The fourth-order valence-corrected chi connectivity index (χ4v) is 2.26. The van der Waals surface area contributed by atoms with Crippen LogP contribution in [-0.2, 0) is 0 Å². The zero-order chi connectivity index (χ0) is 14.5. The molecule has 0 bridgehead atoms. The molecule has 1 atom stereocenters. The number of hydrogen-bond acceptors (Lipinski definition) is 2. The minimum atomic E-state index is -0.0525. The van der Waals surface area contributed by atoms with Crippen molar-refractivity contribution in [3.05, 3.63) is 63.6 Å². The summed E-state index contributed by atoms with van der Waals surface area (Å²) in [6, 6.07) is 13.1. The summed E-state index contributed by atoms with van der Waals surface area (Å²) in [5, 5.41) is 1.34. The first kappa shape index (κ1) is 14.9. The third-order valence-corrected chi connectivity index (χ3v) is 3.55. The first-order valence-corrected chi connectivity index (χ1v) is 6.98. The molecule has 2 aromatic carbocycles. The molecule has 0 saturated carbocycles. The van der Waals surface area contributed by atoms with Crippen LogP contribution in [0.3, 0.4) is 0 Å². The lowest BCUT2D eigenvalue weighted by Gasteiger charge is -2.09. The van der Waals surface area contributed by atoms with Crippen LogP contribution in [0, 0.1) is 0 Å². The summed E-state index contributed by atoms with van der Waals surface area (Å²) in [7, 11) is 1.65. The van der Waals surface area contributed by atoms with Gasteiger partial charge in [0.1, 0.15) is 5.75 Å². The number of hydrogen-bond donors (Lipinski definition) is 0. The third-order valence-electron chi connectivity index (χ3n) is 2.97. The maximum atomic E-state index is 6.16. The first-order chi connectivity index (χ1) is 9.60. The molecular weight excluding hydrogens is 293 g/mol. The smallest absolute Gasteiger partial charge is 0.118 e. The number of aliphatic imine (C=N–C) groups is 1. The number of benzene rings is 2. The average Bonchev–Trinajstić information content (AvgIpc) is 2.47. The van der Waals surface area contributed by atoms with Gasteiger partial charge in [0.25, 0.3) is 0 Å². The molecule has 0 radical (unpaired) electrons. The number of methoxy groups -OCH3 is 1. The summed E-state index contributed by atoms with van der Waals surface area (Å²) in [4.78, 5) is 4.51. The topological polar surface area (TPSA) is 21.6 Å². The van der Waals surface area contributed by atoms with Crippen molar-refractivity contribution in [3.8, 4) is 5.75 Å². The van der Waals surface area contributed by atoms with Gasteiger partial charge in [0.2, 0.25) is 0 Å². The molecule has 0 amide bonds. The lowest BCUT2D eigenvalue weighted by atomic mass is 10.1. The van der Waals surface area contributed by atoms with Gasteiger partial charge in [-0.1, -0.05) is 23.2 Å². The molecule has 0 spiro atoms. The van der Waals surface area contributed by atoms with Gasteiger partial charge in [0, 0.05) is 16.3 Å². The Balaban J connectivity index is 2.15. The summed E-state index contributed by atoms with van der Waals surface area (Å²) in [5.41, 5.74) is 1.93. The van der Waals surface area contributed by atoms with E-state index in [1.54, 1.807) is 19.2 Å². The van der Waals surface area contributed by atoms with Gasteiger partial charge in [0.15, 0.2) is 0 Å². The highest BCUT2D eigenvalue weighted by Crippen LogP contribution is 2.28. The Morgan fingerprint density at radius 3 is 2.45 bits per heavy atom. The molecule has 20 heavy (non-hydrogen) atoms. The van der Waals surface area contributed by atoms with Crippen molar-refractivity contribution in [3.63, 3.8) is 0 Å². The summed E-state index contributed by atoms with van der Waals surface area (Å²) in [6.07, 6.45) is 1.82. The fourth-order valence-electron chi connectivity index (χ4n) is 1.80. The Labute approximate surface area is 129 Å². The van der Waals surface area contributed by atoms with Crippen LogP contribution in [-0.4, -0.2) is 13.3 Å². The summed E-state index contributed by atoms with van der Waals surface area (Å²) in [6.45, 7) is 1.98. The highest BCUT2D eigenvalue weighted by molar-refractivity contribution is 6.33. The maximum Gasteiger partial charge on any atom is 0.118 e. The minimum absolute atomic E-state index is 0.0525. The van der Waals surface area contributed by atoms with Crippen molar-refractivity contribution in [2.75, 3.05) is 7.11 Å². The Morgan fingerprint density at radius 2 is 1.80 bits per heavy atom. The van der Waals surface area contributed by atoms with Gasteiger partial charge in [-0.05, 0) is 60.5 Å². The standard InChI is InChI=1S/C16H15Cl2NO/c1-11(15-9-13(17)5-8-16(15)18)19-10-12-3-6-14(20-2)7-4-12/h3-11H,1-2H3. The van der Waals surface area contributed by atoms with Crippen molar-refractivity contribution in [2.45, 2.75) is 13.0 Å². The molecule has 4 heteroatoms. The van der Waals surface area contributed by atoms with Crippen LogP contribution < -0.4 is 4.74 Å². The molecular formula is C16H15Cl2NO. The van der Waals surface area contributed by atoms with Crippen LogP contribution in [0.25, 0.3) is 0 Å².